The van der Waals surface area contributed by atoms with Gasteiger partial charge >= 0.3 is 6.18 Å². The van der Waals surface area contributed by atoms with E-state index in [-0.39, 0.29) is 0 Å². The van der Waals surface area contributed by atoms with E-state index in [1.54, 1.807) is 0 Å². The van der Waals surface area contributed by atoms with E-state index < -0.39 is 11.7 Å². The van der Waals surface area contributed by atoms with E-state index in [4.69, 9.17) is 0 Å². The molecule has 6 heteroatoms. The van der Waals surface area contributed by atoms with Gasteiger partial charge in [0.25, 0.3) is 0 Å². The summed E-state index contributed by atoms with van der Waals surface area (Å²) in [4.78, 5) is 8.61. The molecule has 2 aromatic rings. The van der Waals surface area contributed by atoms with Crippen molar-refractivity contribution in [2.24, 2.45) is 11.8 Å². The molecule has 2 aliphatic heterocycles. The molecule has 138 valence electrons. The summed E-state index contributed by atoms with van der Waals surface area (Å²) in [6.07, 6.45) is -3.08. The summed E-state index contributed by atoms with van der Waals surface area (Å²) in [5.41, 5.74) is 1.95. The van der Waals surface area contributed by atoms with Crippen molar-refractivity contribution in [1.82, 2.24) is 9.88 Å². The first-order valence-corrected chi connectivity index (χ1v) is 8.88. The van der Waals surface area contributed by atoms with Gasteiger partial charge in [0.1, 0.15) is 5.82 Å². The molecule has 3 nitrogen and oxygen atoms in total. The molecule has 2 saturated heterocycles. The van der Waals surface area contributed by atoms with Gasteiger partial charge in [-0.2, -0.15) is 13.2 Å². The Balaban J connectivity index is 1.60. The van der Waals surface area contributed by atoms with Gasteiger partial charge in [-0.3, -0.25) is 4.90 Å². The number of likely N-dealkylation sites (tertiary alicyclic amines) is 1. The molecule has 0 N–H and O–H groups in total. The van der Waals surface area contributed by atoms with E-state index in [9.17, 15) is 13.2 Å². The Labute approximate surface area is 151 Å². The first-order chi connectivity index (χ1) is 12.3. The Kier molecular flexibility index (Phi) is 4.18. The molecule has 0 spiro atoms. The van der Waals surface area contributed by atoms with Gasteiger partial charge in [0.15, 0.2) is 0 Å². The second-order valence-corrected chi connectivity index (χ2v) is 7.47. The van der Waals surface area contributed by atoms with Gasteiger partial charge in [-0.05, 0) is 43.1 Å². The van der Waals surface area contributed by atoms with E-state index in [0.29, 0.717) is 23.7 Å². The number of halogens is 3. The van der Waals surface area contributed by atoms with E-state index >= 15 is 0 Å². The number of hydrogen-bond acceptors (Lipinski definition) is 3. The number of aryl methyl sites for hydroxylation is 1. The third kappa shape index (κ3) is 2.96. The van der Waals surface area contributed by atoms with Crippen molar-refractivity contribution < 1.29 is 13.2 Å². The van der Waals surface area contributed by atoms with E-state index in [1.165, 1.54) is 23.4 Å². The van der Waals surface area contributed by atoms with Gasteiger partial charge < -0.3 is 4.90 Å². The highest BCUT2D eigenvalue weighted by Crippen LogP contribution is 2.45. The van der Waals surface area contributed by atoms with Crippen LogP contribution in [0.2, 0.25) is 0 Å². The molecule has 0 saturated carbocycles. The third-order valence-electron chi connectivity index (χ3n) is 5.80. The Bertz CT molecular complexity index is 805. The monoisotopic (exact) mass is 361 g/mol. The normalized spacial score (nSPS) is 26.3. The smallest absolute Gasteiger partial charge is 0.356 e. The lowest BCUT2D eigenvalue weighted by Crippen LogP contribution is -2.30. The van der Waals surface area contributed by atoms with E-state index in [1.807, 2.05) is 11.0 Å². The molecule has 0 aliphatic carbocycles. The van der Waals surface area contributed by atoms with Gasteiger partial charge in [0, 0.05) is 37.8 Å². The quantitative estimate of drug-likeness (QED) is 0.801. The standard InChI is InChI=1S/C20H22F3N3/c1-13-5-3-4-6-16(13)19-17-12-26(11-14(17)10-25(19)2)18-9-15(7-8-24-18)20(21,22)23/h3-9,14,17,19H,10-12H2,1-2H3/t14-,17+,19-/m0/s1. The van der Waals surface area contributed by atoms with Gasteiger partial charge in [0.05, 0.1) is 5.56 Å². The second-order valence-electron chi connectivity index (χ2n) is 7.47. The van der Waals surface area contributed by atoms with Gasteiger partial charge in [-0.25, -0.2) is 4.98 Å². The van der Waals surface area contributed by atoms with Crippen LogP contribution in [0.3, 0.4) is 0 Å². The number of benzene rings is 1. The van der Waals surface area contributed by atoms with Crippen molar-refractivity contribution in [1.29, 1.82) is 0 Å². The maximum absolute atomic E-state index is 13.0. The van der Waals surface area contributed by atoms with E-state index in [2.05, 4.69) is 42.1 Å². The highest BCUT2D eigenvalue weighted by atomic mass is 19.4. The fourth-order valence-electron chi connectivity index (χ4n) is 4.60. The minimum Gasteiger partial charge on any atom is -0.356 e. The van der Waals surface area contributed by atoms with Crippen LogP contribution in [0.5, 0.6) is 0 Å². The first-order valence-electron chi connectivity index (χ1n) is 8.88. The third-order valence-corrected chi connectivity index (χ3v) is 5.80. The SMILES string of the molecule is Cc1ccccc1[C@H]1[C@@H]2CN(c3cc(C(F)(F)F)ccn3)C[C@@H]2CN1C. The summed E-state index contributed by atoms with van der Waals surface area (Å²) >= 11 is 0. The summed E-state index contributed by atoms with van der Waals surface area (Å²) in [6, 6.07) is 10.9. The maximum Gasteiger partial charge on any atom is 0.416 e. The van der Waals surface area contributed by atoms with Crippen LogP contribution in [0.25, 0.3) is 0 Å². The number of anilines is 1. The molecule has 3 heterocycles. The van der Waals surface area contributed by atoms with Crippen LogP contribution < -0.4 is 4.90 Å². The summed E-state index contributed by atoms with van der Waals surface area (Å²) in [5, 5.41) is 0. The molecule has 26 heavy (non-hydrogen) atoms. The van der Waals surface area contributed by atoms with Crippen molar-refractivity contribution >= 4 is 5.82 Å². The Morgan fingerprint density at radius 3 is 2.58 bits per heavy atom. The highest BCUT2D eigenvalue weighted by molar-refractivity contribution is 5.44. The topological polar surface area (TPSA) is 19.4 Å². The Morgan fingerprint density at radius 2 is 1.85 bits per heavy atom. The van der Waals surface area contributed by atoms with Crippen molar-refractivity contribution in [2.45, 2.75) is 19.1 Å². The molecule has 0 radical (unpaired) electrons. The zero-order valence-corrected chi connectivity index (χ0v) is 14.9. The molecule has 3 atom stereocenters. The number of alkyl halides is 3. The molecule has 2 fully saturated rings. The minimum absolute atomic E-state index is 0.303. The fraction of sp³-hybridized carbons (Fsp3) is 0.450. The first kappa shape index (κ1) is 17.3. The number of pyridine rings is 1. The van der Waals surface area contributed by atoms with Crippen LogP contribution >= 0.6 is 0 Å². The van der Waals surface area contributed by atoms with Crippen LogP contribution in [0.15, 0.2) is 42.6 Å². The lowest BCUT2D eigenvalue weighted by molar-refractivity contribution is -0.137. The number of nitrogens with zero attached hydrogens (tertiary/aromatic N) is 3. The lowest BCUT2D eigenvalue weighted by Gasteiger charge is -2.28. The van der Waals surface area contributed by atoms with E-state index in [0.717, 1.165) is 25.7 Å². The molecule has 4 rings (SSSR count). The average Bonchev–Trinajstić information content (AvgIpc) is 3.12. The van der Waals surface area contributed by atoms with Crippen LogP contribution in [0.4, 0.5) is 19.0 Å². The summed E-state index contributed by atoms with van der Waals surface area (Å²) in [5.74, 6) is 1.28. The molecule has 0 amide bonds. The molecule has 1 aromatic heterocycles. The largest absolute Gasteiger partial charge is 0.416 e. The second kappa shape index (κ2) is 6.27. The Hall–Kier alpha value is -2.08. The number of rotatable bonds is 2. The van der Waals surface area contributed by atoms with Crippen LogP contribution in [0.1, 0.15) is 22.7 Å². The molecule has 0 bridgehead atoms. The average molecular weight is 361 g/mol. The number of fused-ring (bicyclic) bond motifs is 1. The van der Waals surface area contributed by atoms with Gasteiger partial charge in [-0.15, -0.1) is 0 Å². The molecule has 2 aliphatic rings. The predicted molar refractivity (Wildman–Crippen MR) is 95.0 cm³/mol. The van der Waals surface area contributed by atoms with Crippen molar-refractivity contribution in [3.63, 3.8) is 0 Å². The van der Waals surface area contributed by atoms with Crippen LogP contribution in [-0.4, -0.2) is 36.6 Å². The van der Waals surface area contributed by atoms with Crippen molar-refractivity contribution in [2.75, 3.05) is 31.6 Å². The van der Waals surface area contributed by atoms with Crippen molar-refractivity contribution in [3.05, 3.63) is 59.3 Å². The zero-order chi connectivity index (χ0) is 18.5. The molecule has 0 unspecified atom stereocenters. The fourth-order valence-corrected chi connectivity index (χ4v) is 4.60. The summed E-state index contributed by atoms with van der Waals surface area (Å²) < 4.78 is 39.0. The minimum atomic E-state index is -4.34. The summed E-state index contributed by atoms with van der Waals surface area (Å²) in [6.45, 7) is 4.57. The van der Waals surface area contributed by atoms with Gasteiger partial charge in [0.2, 0.25) is 0 Å². The highest BCUT2D eigenvalue weighted by Gasteiger charge is 2.47. The molecule has 1 aromatic carbocycles. The molecular formula is C20H22F3N3. The van der Waals surface area contributed by atoms with Crippen LogP contribution in [-0.2, 0) is 6.18 Å². The summed E-state index contributed by atoms with van der Waals surface area (Å²) in [7, 11) is 2.14. The Morgan fingerprint density at radius 1 is 1.08 bits per heavy atom. The predicted octanol–water partition coefficient (Wildman–Crippen LogP) is 4.15. The maximum atomic E-state index is 13.0. The lowest BCUT2D eigenvalue weighted by atomic mass is 9.88. The molecular weight excluding hydrogens is 339 g/mol. The zero-order valence-electron chi connectivity index (χ0n) is 14.9. The number of hydrogen-bond donors (Lipinski definition) is 0. The van der Waals surface area contributed by atoms with Crippen molar-refractivity contribution in [3.8, 4) is 0 Å². The van der Waals surface area contributed by atoms with Gasteiger partial charge in [-0.1, -0.05) is 24.3 Å². The number of aromatic nitrogens is 1. The van der Waals surface area contributed by atoms with Crippen LogP contribution in [0, 0.1) is 18.8 Å².